The topological polar surface area (TPSA) is 70.2 Å². The van der Waals surface area contributed by atoms with Gasteiger partial charge in [0, 0.05) is 45.9 Å². The lowest BCUT2D eigenvalue weighted by Gasteiger charge is -2.37. The van der Waals surface area contributed by atoms with Crippen LogP contribution < -0.4 is 0 Å². The van der Waals surface area contributed by atoms with E-state index in [-0.39, 0.29) is 12.5 Å². The van der Waals surface area contributed by atoms with Crippen molar-refractivity contribution in [1.29, 1.82) is 0 Å². The van der Waals surface area contributed by atoms with Crippen LogP contribution in [-0.2, 0) is 19.6 Å². The number of piperazine rings is 1. The fourth-order valence-electron chi connectivity index (χ4n) is 3.36. The van der Waals surface area contributed by atoms with Gasteiger partial charge < -0.3 is 9.64 Å². The molecular formula is C15H26F3N3O4S. The molecule has 2 heterocycles. The summed E-state index contributed by atoms with van der Waals surface area (Å²) in [7, 11) is -3.39. The van der Waals surface area contributed by atoms with Crippen molar-refractivity contribution >= 4 is 15.9 Å². The molecule has 2 saturated heterocycles. The van der Waals surface area contributed by atoms with E-state index in [9.17, 15) is 26.4 Å². The molecule has 0 aliphatic carbocycles. The highest BCUT2D eigenvalue weighted by molar-refractivity contribution is 7.88. The number of hydrogen-bond acceptors (Lipinski definition) is 5. The average molecular weight is 401 g/mol. The molecule has 0 bridgehead atoms. The predicted molar refractivity (Wildman–Crippen MR) is 89.1 cm³/mol. The van der Waals surface area contributed by atoms with E-state index in [0.29, 0.717) is 58.5 Å². The molecule has 0 aromatic rings. The Balaban J connectivity index is 1.70. The summed E-state index contributed by atoms with van der Waals surface area (Å²) in [5.41, 5.74) is 0. The van der Waals surface area contributed by atoms with Crippen molar-refractivity contribution in [3.05, 3.63) is 0 Å². The van der Waals surface area contributed by atoms with Gasteiger partial charge in [0.2, 0.25) is 15.9 Å². The number of halogens is 3. The number of carbonyl (C=O) groups is 1. The molecule has 2 aliphatic rings. The summed E-state index contributed by atoms with van der Waals surface area (Å²) in [6.07, 6.45) is -1.46. The van der Waals surface area contributed by atoms with Gasteiger partial charge in [0.25, 0.3) is 0 Å². The Bertz CT molecular complexity index is 577. The first-order chi connectivity index (χ1) is 12.1. The van der Waals surface area contributed by atoms with Gasteiger partial charge in [-0.15, -0.1) is 0 Å². The standard InChI is InChI=1S/C15H26F3N3O4S/c1-26(23,24)21-6-2-4-13(21)14(22)20-9-7-19(8-10-20)5-3-11-25-12-15(16,17)18/h13H,2-12H2,1H3. The van der Waals surface area contributed by atoms with E-state index in [1.807, 2.05) is 0 Å². The second-order valence-electron chi connectivity index (χ2n) is 6.72. The normalized spacial score (nSPS) is 23.5. The lowest BCUT2D eigenvalue weighted by molar-refractivity contribution is -0.174. The number of hydrogen-bond donors (Lipinski definition) is 0. The minimum absolute atomic E-state index is 0.0457. The molecule has 1 unspecified atom stereocenters. The summed E-state index contributed by atoms with van der Waals surface area (Å²) in [4.78, 5) is 16.4. The van der Waals surface area contributed by atoms with E-state index in [2.05, 4.69) is 9.64 Å². The van der Waals surface area contributed by atoms with E-state index < -0.39 is 28.8 Å². The highest BCUT2D eigenvalue weighted by Gasteiger charge is 2.39. The fraction of sp³-hybridized carbons (Fsp3) is 0.933. The third-order valence-corrected chi connectivity index (χ3v) is 5.92. The molecule has 26 heavy (non-hydrogen) atoms. The van der Waals surface area contributed by atoms with E-state index in [4.69, 9.17) is 0 Å². The lowest BCUT2D eigenvalue weighted by Crippen LogP contribution is -2.54. The number of carbonyl (C=O) groups excluding carboxylic acids is 1. The Labute approximate surface area is 152 Å². The Kier molecular flexibility index (Phi) is 7.28. The third-order valence-electron chi connectivity index (χ3n) is 4.63. The summed E-state index contributed by atoms with van der Waals surface area (Å²) < 4.78 is 65.3. The van der Waals surface area contributed by atoms with E-state index in [1.54, 1.807) is 4.90 Å². The van der Waals surface area contributed by atoms with Crippen molar-refractivity contribution in [1.82, 2.24) is 14.1 Å². The number of sulfonamides is 1. The second kappa shape index (κ2) is 8.85. The van der Waals surface area contributed by atoms with Crippen molar-refractivity contribution in [2.24, 2.45) is 0 Å². The number of alkyl halides is 3. The van der Waals surface area contributed by atoms with Crippen LogP contribution in [0.5, 0.6) is 0 Å². The summed E-state index contributed by atoms with van der Waals surface area (Å²) in [5.74, 6) is -0.152. The van der Waals surface area contributed by atoms with Crippen LogP contribution in [0.3, 0.4) is 0 Å². The maximum absolute atomic E-state index is 12.6. The van der Waals surface area contributed by atoms with Gasteiger partial charge in [0.05, 0.1) is 6.26 Å². The summed E-state index contributed by atoms with van der Waals surface area (Å²) in [5, 5.41) is 0. The highest BCUT2D eigenvalue weighted by Crippen LogP contribution is 2.22. The van der Waals surface area contributed by atoms with Crippen LogP contribution in [-0.4, -0.2) is 99.4 Å². The fourth-order valence-corrected chi connectivity index (χ4v) is 4.48. The predicted octanol–water partition coefficient (Wildman–Crippen LogP) is 0.524. The van der Waals surface area contributed by atoms with Crippen LogP contribution in [0.15, 0.2) is 0 Å². The number of ether oxygens (including phenoxy) is 1. The molecule has 2 rings (SSSR count). The zero-order valence-electron chi connectivity index (χ0n) is 14.9. The zero-order chi connectivity index (χ0) is 19.4. The van der Waals surface area contributed by atoms with Gasteiger partial charge in [-0.05, 0) is 19.3 Å². The van der Waals surface area contributed by atoms with Crippen molar-refractivity contribution in [3.63, 3.8) is 0 Å². The van der Waals surface area contributed by atoms with Gasteiger partial charge >= 0.3 is 6.18 Å². The second-order valence-corrected chi connectivity index (χ2v) is 8.66. The first kappa shape index (κ1) is 21.4. The molecule has 11 heteroatoms. The Hall–Kier alpha value is -0.910. The van der Waals surface area contributed by atoms with Gasteiger partial charge in [-0.25, -0.2) is 8.42 Å². The molecule has 0 spiro atoms. The molecule has 2 aliphatic heterocycles. The Morgan fingerprint density at radius 1 is 1.15 bits per heavy atom. The summed E-state index contributed by atoms with van der Waals surface area (Å²) in [6, 6.07) is -0.604. The molecule has 7 nitrogen and oxygen atoms in total. The monoisotopic (exact) mass is 401 g/mol. The minimum atomic E-state index is -4.30. The van der Waals surface area contributed by atoms with Crippen LogP contribution in [0.1, 0.15) is 19.3 Å². The molecule has 0 aromatic carbocycles. The highest BCUT2D eigenvalue weighted by atomic mass is 32.2. The largest absolute Gasteiger partial charge is 0.411 e. The van der Waals surface area contributed by atoms with E-state index >= 15 is 0 Å². The van der Waals surface area contributed by atoms with Crippen LogP contribution in [0.2, 0.25) is 0 Å². The van der Waals surface area contributed by atoms with Crippen molar-refractivity contribution in [2.75, 3.05) is 58.7 Å². The van der Waals surface area contributed by atoms with Crippen LogP contribution in [0, 0.1) is 0 Å². The van der Waals surface area contributed by atoms with Gasteiger partial charge in [-0.2, -0.15) is 17.5 Å². The van der Waals surface area contributed by atoms with Crippen molar-refractivity contribution in [2.45, 2.75) is 31.5 Å². The lowest BCUT2D eigenvalue weighted by atomic mass is 10.2. The van der Waals surface area contributed by atoms with Crippen LogP contribution in [0.4, 0.5) is 13.2 Å². The summed E-state index contributed by atoms with van der Waals surface area (Å²) >= 11 is 0. The van der Waals surface area contributed by atoms with Gasteiger partial charge in [-0.3, -0.25) is 9.69 Å². The average Bonchev–Trinajstić information content (AvgIpc) is 3.03. The number of amides is 1. The maximum atomic E-state index is 12.6. The first-order valence-corrected chi connectivity index (χ1v) is 10.6. The third kappa shape index (κ3) is 6.36. The number of rotatable bonds is 7. The minimum Gasteiger partial charge on any atom is -0.372 e. The Morgan fingerprint density at radius 3 is 2.38 bits per heavy atom. The van der Waals surface area contributed by atoms with Crippen molar-refractivity contribution in [3.8, 4) is 0 Å². The first-order valence-electron chi connectivity index (χ1n) is 8.70. The van der Waals surface area contributed by atoms with E-state index in [1.165, 1.54) is 4.31 Å². The quantitative estimate of drug-likeness (QED) is 0.582. The molecule has 0 radical (unpaired) electrons. The smallest absolute Gasteiger partial charge is 0.372 e. The molecule has 0 aromatic heterocycles. The molecule has 0 N–H and O–H groups in total. The maximum Gasteiger partial charge on any atom is 0.411 e. The molecule has 1 atom stereocenters. The van der Waals surface area contributed by atoms with Gasteiger partial charge in [-0.1, -0.05) is 0 Å². The molecule has 2 fully saturated rings. The molecular weight excluding hydrogens is 375 g/mol. The number of nitrogens with zero attached hydrogens (tertiary/aromatic N) is 3. The summed E-state index contributed by atoms with van der Waals surface area (Å²) in [6.45, 7) is 2.05. The molecule has 1 amide bonds. The van der Waals surface area contributed by atoms with Gasteiger partial charge in [0.15, 0.2) is 0 Å². The van der Waals surface area contributed by atoms with E-state index in [0.717, 1.165) is 6.26 Å². The Morgan fingerprint density at radius 2 is 1.81 bits per heavy atom. The van der Waals surface area contributed by atoms with Crippen LogP contribution in [0.25, 0.3) is 0 Å². The van der Waals surface area contributed by atoms with Crippen LogP contribution >= 0.6 is 0 Å². The molecule has 0 saturated carbocycles. The SMILES string of the molecule is CS(=O)(=O)N1CCCC1C(=O)N1CCN(CCCOCC(F)(F)F)CC1. The zero-order valence-corrected chi connectivity index (χ0v) is 15.7. The molecule has 152 valence electrons. The van der Waals surface area contributed by atoms with Gasteiger partial charge in [0.1, 0.15) is 12.6 Å². The van der Waals surface area contributed by atoms with Crippen molar-refractivity contribution < 1.29 is 31.1 Å².